The van der Waals surface area contributed by atoms with Gasteiger partial charge in [0.05, 0.1) is 106 Å². The van der Waals surface area contributed by atoms with Crippen LogP contribution in [0.4, 0.5) is 0 Å². The topological polar surface area (TPSA) is 321 Å². The van der Waals surface area contributed by atoms with Crippen LogP contribution < -0.4 is 68.9 Å². The molecule has 0 aliphatic carbocycles. The van der Waals surface area contributed by atoms with Crippen LogP contribution in [0.5, 0.6) is 0 Å². The van der Waals surface area contributed by atoms with Crippen molar-refractivity contribution in [2.45, 2.75) is 463 Å². The number of hydrogen-bond donors (Lipinski definition) is 3. The molecule has 139 heavy (non-hydrogen) atoms. The van der Waals surface area contributed by atoms with Gasteiger partial charge in [0.15, 0.2) is 0 Å². The third-order valence-electron chi connectivity index (χ3n) is 25.0. The third-order valence-corrected chi connectivity index (χ3v) is 29.9. The van der Waals surface area contributed by atoms with Gasteiger partial charge < -0.3 is 61.5 Å². The molecule has 0 rings (SSSR count). The summed E-state index contributed by atoms with van der Waals surface area (Å²) in [6.07, 6.45) is 57.5. The first-order valence-corrected chi connectivity index (χ1v) is 62.3. The van der Waals surface area contributed by atoms with E-state index in [1.54, 1.807) is 12.2 Å². The molecule has 0 aliphatic rings. The van der Waals surface area contributed by atoms with Crippen LogP contribution in [-0.4, -0.2) is 134 Å². The minimum absolute atomic E-state index is 0. The molecule has 0 heterocycles. The van der Waals surface area contributed by atoms with Gasteiger partial charge in [-0.1, -0.05) is 391 Å². The Morgan fingerprint density at radius 1 is 0.259 bits per heavy atom. The fourth-order valence-corrected chi connectivity index (χ4v) is 18.5. The summed E-state index contributed by atoms with van der Waals surface area (Å²) in [6, 6.07) is 0. The van der Waals surface area contributed by atoms with Gasteiger partial charge in [0, 0.05) is 13.2 Å². The first-order valence-electron chi connectivity index (χ1n) is 54.9. The van der Waals surface area contributed by atoms with Gasteiger partial charge in [-0.3, -0.25) is 36.3 Å². The molecule has 0 amide bonds. The van der Waals surface area contributed by atoms with E-state index in [4.69, 9.17) is 64.2 Å². The van der Waals surface area contributed by atoms with Crippen LogP contribution >= 0.6 is 39.1 Å². The van der Waals surface area contributed by atoms with Crippen LogP contribution in [0, 0.1) is 71.0 Å². The molecule has 0 aromatic carbocycles. The molecule has 0 aromatic heterocycles. The number of phosphoric acid groups is 5. The Morgan fingerprint density at radius 3 is 0.763 bits per heavy atom. The van der Waals surface area contributed by atoms with Gasteiger partial charge in [0.2, 0.25) is 0 Å². The average Bonchev–Trinajstić information content (AvgIpc) is 0.878. The second kappa shape index (κ2) is 105. The number of phosphoric ester groups is 5. The third kappa shape index (κ3) is 115. The summed E-state index contributed by atoms with van der Waals surface area (Å²) >= 11 is 0. The van der Waals surface area contributed by atoms with E-state index in [-0.39, 0.29) is 112 Å². The van der Waals surface area contributed by atoms with E-state index in [1.165, 1.54) is 140 Å². The standard InChI is InChI=1S/C30H63O4P.C24H51O8P.C20H35O4P.C18H39O4P.C16H35O4P.2Na/c1-25(2)13-9-15-27(5)17-11-19-29(7)21-23-33-35(31,32)34-24-22-30(8)20-12-18-28(6)16-10-14-26(3)4;1-5-9-11-23(7-3)21-29-15-13-27-17-19-31-33(25,26)32-20-18-28-14-16-30-22-24(8-4)12-10-6-2;1-17(2)9-7-11-19(5)13-15-23-25(21,22)24-16-14-20(6)12-8-10-18(3)4;1-5-9-11-13-17(7-3)15-21-23(19,20)22-16-18(8-4)14-12-10-6-2;1-5-9-11-15(7-3)13-19-21(17,18)20-14-16(8-4)12-10-6-2;;/h25-30H,9-24H2,1-8H3,(H,31,32);23-24H,5-22H2,1-4H3,(H,25,26);9-10,13-14H,7-8,11-12,15-16H2,1-6H3,(H,21,22);17-18H,5-16H2,1-4H3,(H,19,20);15-16H,5-14H2,1-4H3,(H,17,18);;/q;;;;;2*+1/p-2/b;;19-13+,20-14+;;;;. The summed E-state index contributed by atoms with van der Waals surface area (Å²) in [5.41, 5.74) is 4.77. The van der Waals surface area contributed by atoms with Gasteiger partial charge in [-0.25, -0.2) is 13.7 Å². The zero-order valence-electron chi connectivity index (χ0n) is 95.2. The molecule has 0 aromatic rings. The maximum absolute atomic E-state index is 12.1. The fraction of sp³-hybridized carbons (Fsp3) is 0.926. The van der Waals surface area contributed by atoms with Crippen LogP contribution in [0.1, 0.15) is 463 Å². The second-order valence-electron chi connectivity index (χ2n) is 40.2. The van der Waals surface area contributed by atoms with Crippen LogP contribution in [0.3, 0.4) is 0 Å². The average molecular weight is 2100 g/mol. The first kappa shape index (κ1) is 153. The minimum atomic E-state index is -4.25. The van der Waals surface area contributed by atoms with Gasteiger partial charge >= 0.3 is 82.6 Å². The van der Waals surface area contributed by atoms with E-state index in [0.29, 0.717) is 100 Å². The number of unbranched alkanes of at least 4 members (excludes halogenated alkanes) is 8. The minimum Gasteiger partial charge on any atom is -0.756 e. The smallest absolute Gasteiger partial charge is 0.756 e. The second-order valence-corrected chi connectivity index (χ2v) is 47.4. The number of rotatable bonds is 92. The first-order chi connectivity index (χ1) is 65.0. The summed E-state index contributed by atoms with van der Waals surface area (Å²) in [7, 11) is -20.3. The molecule has 31 heteroatoms. The number of ether oxygens (including phenoxy) is 4. The maximum atomic E-state index is 12.1. The van der Waals surface area contributed by atoms with Crippen molar-refractivity contribution in [1.29, 1.82) is 0 Å². The Bertz CT molecular complexity index is 2850. The van der Waals surface area contributed by atoms with Gasteiger partial charge in [-0.2, -0.15) is 0 Å². The van der Waals surface area contributed by atoms with Crippen LogP contribution in [-0.2, 0) is 87.0 Å². The maximum Gasteiger partial charge on any atom is 1.00 e. The Balaban J connectivity index is -0.000000316. The van der Waals surface area contributed by atoms with E-state index < -0.39 is 39.1 Å². The predicted molar refractivity (Wildman–Crippen MR) is 572 cm³/mol. The van der Waals surface area contributed by atoms with Crippen molar-refractivity contribution in [3.8, 4) is 0 Å². The quantitative estimate of drug-likeness (QED) is 0.0220. The molecule has 0 saturated heterocycles. The van der Waals surface area contributed by atoms with Crippen molar-refractivity contribution in [1.82, 2.24) is 0 Å². The van der Waals surface area contributed by atoms with Crippen molar-refractivity contribution in [3.63, 3.8) is 0 Å². The molecule has 0 aliphatic heterocycles. The van der Waals surface area contributed by atoms with E-state index in [1.807, 2.05) is 13.8 Å². The molecule has 0 radical (unpaired) electrons. The predicted octanol–water partition coefficient (Wildman–Crippen LogP) is 27.2. The Morgan fingerprint density at radius 2 is 0.496 bits per heavy atom. The molecule has 0 spiro atoms. The zero-order chi connectivity index (χ0) is 104. The molecular formula is C108H221Na2O24P5. The Kier molecular flexibility index (Phi) is 116. The van der Waals surface area contributed by atoms with Crippen LogP contribution in [0.2, 0.25) is 0 Å². The SMILES string of the molecule is CC(C)=CCC/C(C)=C/COP(=O)([O-])OC/C=C(\C)CCC=C(C)C.CC(C)CCCC(C)CCCC(C)CCOP(=O)([O-])OCCC(C)CCCC(C)CCCC(C)C.CCCCC(CC)COCCOCCOP(=O)(O)OCCOCCOCC(CC)CCCC.CCCCC(CC)COP(=O)(O)OCC(CC)CCCC.CCCCCC(CC)COP(=O)(O)OCC(CC)CCCCC.[Na+].[Na+]. The number of allylic oxidation sites excluding steroid dienone is 6. The molecule has 24 nitrogen and oxygen atoms in total. The molecule has 824 valence electrons. The van der Waals surface area contributed by atoms with Crippen molar-refractivity contribution >= 4 is 39.1 Å². The van der Waals surface area contributed by atoms with Gasteiger partial charge in [-0.15, -0.1) is 0 Å². The molecule has 0 fully saturated rings. The molecule has 10 atom stereocenters. The van der Waals surface area contributed by atoms with Gasteiger partial charge in [0.25, 0.3) is 15.6 Å². The summed E-state index contributed by atoms with van der Waals surface area (Å²) in [6.45, 7) is 61.8. The van der Waals surface area contributed by atoms with Crippen molar-refractivity contribution in [2.24, 2.45) is 71.0 Å². The van der Waals surface area contributed by atoms with Gasteiger partial charge in [-0.05, 0) is 190 Å². The summed E-state index contributed by atoms with van der Waals surface area (Å²) in [5.74, 6) is 6.71. The van der Waals surface area contributed by atoms with Crippen LogP contribution in [0.25, 0.3) is 0 Å². The Hall–Kier alpha value is 1.35. The molecule has 3 N–H and O–H groups in total. The van der Waals surface area contributed by atoms with E-state index >= 15 is 0 Å². The monoisotopic (exact) mass is 2100 g/mol. The number of hydrogen-bond acceptors (Lipinski definition) is 21. The van der Waals surface area contributed by atoms with E-state index in [9.17, 15) is 47.3 Å². The van der Waals surface area contributed by atoms with Crippen molar-refractivity contribution in [3.05, 3.63) is 46.6 Å². The molecule has 0 saturated carbocycles. The molecular weight excluding hydrogens is 1880 g/mol. The normalized spacial score (nSPS) is 16.2. The van der Waals surface area contributed by atoms with E-state index in [0.717, 1.165) is 202 Å². The summed E-state index contributed by atoms with van der Waals surface area (Å²) < 4.78 is 132. The van der Waals surface area contributed by atoms with Crippen LogP contribution in [0.15, 0.2) is 46.6 Å². The summed E-state index contributed by atoms with van der Waals surface area (Å²) in [4.78, 5) is 53.1. The summed E-state index contributed by atoms with van der Waals surface area (Å²) in [5, 5.41) is 0. The zero-order valence-corrected chi connectivity index (χ0v) is 104. The Labute approximate surface area is 901 Å². The molecule has 10 unspecified atom stereocenters. The molecule has 0 bridgehead atoms. The van der Waals surface area contributed by atoms with E-state index in [2.05, 4.69) is 178 Å². The van der Waals surface area contributed by atoms with Crippen molar-refractivity contribution < 1.29 is 171 Å². The largest absolute Gasteiger partial charge is 1.00 e. The fourth-order valence-electron chi connectivity index (χ4n) is 14.7. The van der Waals surface area contributed by atoms with Crippen molar-refractivity contribution in [2.75, 3.05) is 119 Å². The van der Waals surface area contributed by atoms with Gasteiger partial charge in [0.1, 0.15) is 0 Å².